The van der Waals surface area contributed by atoms with Crippen LogP contribution in [-0.4, -0.2) is 71.3 Å². The fourth-order valence-electron chi connectivity index (χ4n) is 3.02. The smallest absolute Gasteiger partial charge is 0.353 e. The van der Waals surface area contributed by atoms with E-state index >= 15 is 0 Å². The number of benzene rings is 1. The number of nitrogens with one attached hydrogen (secondary N) is 1. The Balaban J connectivity index is 1.86. The van der Waals surface area contributed by atoms with E-state index in [0.717, 1.165) is 0 Å². The van der Waals surface area contributed by atoms with E-state index in [1.165, 1.54) is 6.33 Å². The van der Waals surface area contributed by atoms with Gasteiger partial charge >= 0.3 is 5.69 Å². The maximum atomic E-state index is 11.8. The van der Waals surface area contributed by atoms with Gasteiger partial charge in [-0.05, 0) is 12.1 Å². The number of anilines is 3. The third kappa shape index (κ3) is 4.41. The molecule has 10 heteroatoms. The second kappa shape index (κ2) is 8.60. The molecule has 1 fully saturated rings. The summed E-state index contributed by atoms with van der Waals surface area (Å²) in [4.78, 5) is 23.5. The van der Waals surface area contributed by atoms with Crippen LogP contribution in [0, 0.1) is 10.1 Å². The fraction of sp³-hybridized carbons (Fsp3) is 0.412. The lowest BCUT2D eigenvalue weighted by Crippen LogP contribution is -2.47. The molecule has 10 nitrogen and oxygen atoms in total. The Morgan fingerprint density at radius 1 is 1.30 bits per heavy atom. The van der Waals surface area contributed by atoms with Crippen molar-refractivity contribution in [2.75, 3.05) is 56.7 Å². The molecule has 0 amide bonds. The number of piperazine rings is 1. The van der Waals surface area contributed by atoms with E-state index < -0.39 is 4.92 Å². The van der Waals surface area contributed by atoms with E-state index in [-0.39, 0.29) is 18.1 Å². The van der Waals surface area contributed by atoms with E-state index in [4.69, 9.17) is 9.84 Å². The van der Waals surface area contributed by atoms with Gasteiger partial charge in [-0.3, -0.25) is 15.0 Å². The summed E-state index contributed by atoms with van der Waals surface area (Å²) in [6, 6.07) is 7.09. The molecule has 1 aliphatic rings. The van der Waals surface area contributed by atoms with E-state index in [9.17, 15) is 10.1 Å². The van der Waals surface area contributed by atoms with Gasteiger partial charge < -0.3 is 20.1 Å². The molecule has 0 saturated carbocycles. The van der Waals surface area contributed by atoms with Crippen LogP contribution in [0.4, 0.5) is 23.0 Å². The Morgan fingerprint density at radius 2 is 2.07 bits per heavy atom. The lowest BCUT2D eigenvalue weighted by molar-refractivity contribution is -0.383. The molecule has 0 radical (unpaired) electrons. The van der Waals surface area contributed by atoms with Crippen molar-refractivity contribution in [1.29, 1.82) is 0 Å². The first-order chi connectivity index (χ1) is 13.1. The molecule has 1 saturated heterocycles. The van der Waals surface area contributed by atoms with Crippen LogP contribution < -0.4 is 15.0 Å². The van der Waals surface area contributed by atoms with Gasteiger partial charge in [0, 0.05) is 44.5 Å². The number of aliphatic hydroxyl groups excluding tert-OH is 1. The number of hydrogen-bond donors (Lipinski definition) is 2. The van der Waals surface area contributed by atoms with Gasteiger partial charge in [0.05, 0.1) is 18.6 Å². The first-order valence-electron chi connectivity index (χ1n) is 8.61. The number of rotatable bonds is 7. The molecule has 1 aromatic carbocycles. The van der Waals surface area contributed by atoms with Crippen LogP contribution in [0.2, 0.25) is 0 Å². The van der Waals surface area contributed by atoms with Crippen molar-refractivity contribution in [3.05, 3.63) is 40.7 Å². The second-order valence-electron chi connectivity index (χ2n) is 6.06. The molecule has 0 aliphatic carbocycles. The van der Waals surface area contributed by atoms with Gasteiger partial charge in [0.25, 0.3) is 0 Å². The highest BCUT2D eigenvalue weighted by atomic mass is 16.6. The second-order valence-corrected chi connectivity index (χ2v) is 6.06. The van der Waals surface area contributed by atoms with Crippen LogP contribution >= 0.6 is 0 Å². The minimum absolute atomic E-state index is 0.0995. The maximum absolute atomic E-state index is 11.8. The number of nitrogens with zero attached hydrogens (tertiary/aromatic N) is 5. The highest BCUT2D eigenvalue weighted by molar-refractivity contribution is 5.74. The number of hydrogen-bond acceptors (Lipinski definition) is 9. The van der Waals surface area contributed by atoms with Crippen LogP contribution in [0.15, 0.2) is 30.6 Å². The summed E-state index contributed by atoms with van der Waals surface area (Å²) in [5, 5.41) is 23.8. The van der Waals surface area contributed by atoms with E-state index in [1.54, 1.807) is 31.4 Å². The third-order valence-corrected chi connectivity index (χ3v) is 4.41. The van der Waals surface area contributed by atoms with Crippen molar-refractivity contribution in [3.63, 3.8) is 0 Å². The molecule has 2 heterocycles. The number of β-amino-alcohol motifs (C(OH)–C–C–N with tert-alkyl or cyclic N) is 1. The van der Waals surface area contributed by atoms with Gasteiger partial charge in [0.2, 0.25) is 11.6 Å². The van der Waals surface area contributed by atoms with Crippen LogP contribution in [0.5, 0.6) is 5.75 Å². The molecule has 1 aromatic heterocycles. The molecule has 0 bridgehead atoms. The van der Waals surface area contributed by atoms with E-state index in [0.29, 0.717) is 50.0 Å². The topological polar surface area (TPSA) is 117 Å². The largest absolute Gasteiger partial charge is 0.497 e. The number of aromatic nitrogens is 2. The zero-order valence-corrected chi connectivity index (χ0v) is 15.0. The normalized spacial score (nSPS) is 14.8. The Hall–Kier alpha value is -2.98. The highest BCUT2D eigenvalue weighted by Crippen LogP contribution is 2.34. The number of aliphatic hydroxyl groups is 1. The summed E-state index contributed by atoms with van der Waals surface area (Å²) in [6.45, 7) is 3.30. The molecule has 0 atom stereocenters. The minimum atomic E-state index is -0.460. The third-order valence-electron chi connectivity index (χ3n) is 4.41. The predicted octanol–water partition coefficient (Wildman–Crippen LogP) is 1.25. The first kappa shape index (κ1) is 18.8. The van der Waals surface area contributed by atoms with Crippen molar-refractivity contribution in [1.82, 2.24) is 14.9 Å². The van der Waals surface area contributed by atoms with Crippen molar-refractivity contribution < 1.29 is 14.8 Å². The zero-order valence-electron chi connectivity index (χ0n) is 15.0. The molecule has 3 rings (SSSR count). The Morgan fingerprint density at radius 3 is 2.74 bits per heavy atom. The molecule has 2 N–H and O–H groups in total. The van der Waals surface area contributed by atoms with Crippen molar-refractivity contribution in [2.45, 2.75) is 0 Å². The number of ether oxygens (including phenoxy) is 1. The van der Waals surface area contributed by atoms with Crippen LogP contribution in [0.3, 0.4) is 0 Å². The van der Waals surface area contributed by atoms with E-state index in [1.807, 2.05) is 4.90 Å². The van der Waals surface area contributed by atoms with Crippen molar-refractivity contribution in [3.8, 4) is 5.75 Å². The predicted molar refractivity (Wildman–Crippen MR) is 101 cm³/mol. The molecule has 2 aromatic rings. The van der Waals surface area contributed by atoms with Crippen molar-refractivity contribution in [2.24, 2.45) is 0 Å². The molecule has 144 valence electrons. The molecular formula is C17H22N6O4. The fourth-order valence-corrected chi connectivity index (χ4v) is 3.02. The van der Waals surface area contributed by atoms with Gasteiger partial charge in [0.15, 0.2) is 0 Å². The summed E-state index contributed by atoms with van der Waals surface area (Å²) in [6.07, 6.45) is 1.32. The molecule has 0 spiro atoms. The lowest BCUT2D eigenvalue weighted by Gasteiger charge is -2.34. The summed E-state index contributed by atoms with van der Waals surface area (Å²) in [7, 11) is 1.56. The number of nitro groups is 1. The van der Waals surface area contributed by atoms with Gasteiger partial charge in [-0.1, -0.05) is 6.07 Å². The Labute approximate surface area is 156 Å². The average molecular weight is 374 g/mol. The Bertz CT molecular complexity index is 795. The lowest BCUT2D eigenvalue weighted by atomic mass is 10.2. The first-order valence-corrected chi connectivity index (χ1v) is 8.61. The minimum Gasteiger partial charge on any atom is -0.497 e. The SMILES string of the molecule is COc1cccc(Nc2ncnc(N3CCN(CCO)CC3)c2[N+](=O)[O-])c1. The standard InChI is InChI=1S/C17H22N6O4/c1-27-14-4-2-3-13(11-14)20-16-15(23(25)26)17(19-12-18-16)22-7-5-21(6-8-22)9-10-24/h2-4,11-12,24H,5-10H2,1H3,(H,18,19,20). The van der Waals surface area contributed by atoms with Gasteiger partial charge in [-0.25, -0.2) is 9.97 Å². The summed E-state index contributed by atoms with van der Waals surface area (Å²) in [5.74, 6) is 1.07. The van der Waals surface area contributed by atoms with Gasteiger partial charge in [0.1, 0.15) is 12.1 Å². The molecular weight excluding hydrogens is 352 g/mol. The van der Waals surface area contributed by atoms with Gasteiger partial charge in [-0.15, -0.1) is 0 Å². The summed E-state index contributed by atoms with van der Waals surface area (Å²) >= 11 is 0. The molecule has 1 aliphatic heterocycles. The maximum Gasteiger partial charge on any atom is 0.353 e. The summed E-state index contributed by atoms with van der Waals surface area (Å²) < 4.78 is 5.18. The quantitative estimate of drug-likeness (QED) is 0.545. The van der Waals surface area contributed by atoms with Gasteiger partial charge in [-0.2, -0.15) is 0 Å². The summed E-state index contributed by atoms with van der Waals surface area (Å²) in [5.41, 5.74) is 0.478. The highest BCUT2D eigenvalue weighted by Gasteiger charge is 2.29. The average Bonchev–Trinajstić information content (AvgIpc) is 2.68. The van der Waals surface area contributed by atoms with Crippen LogP contribution in [-0.2, 0) is 0 Å². The Kier molecular flexibility index (Phi) is 5.99. The zero-order chi connectivity index (χ0) is 19.2. The molecule has 0 unspecified atom stereocenters. The monoisotopic (exact) mass is 374 g/mol. The van der Waals surface area contributed by atoms with Crippen molar-refractivity contribution >= 4 is 23.0 Å². The van der Waals surface area contributed by atoms with Crippen LogP contribution in [0.25, 0.3) is 0 Å². The molecule has 27 heavy (non-hydrogen) atoms. The van der Waals surface area contributed by atoms with E-state index in [2.05, 4.69) is 20.2 Å². The van der Waals surface area contributed by atoms with Crippen LogP contribution in [0.1, 0.15) is 0 Å². The number of methoxy groups -OCH3 is 1.